The Morgan fingerprint density at radius 3 is 2.62 bits per heavy atom. The molecule has 110 valence electrons. The number of ether oxygens (including phenoxy) is 2. The lowest BCUT2D eigenvalue weighted by atomic mass is 10.1. The first-order valence-corrected chi connectivity index (χ1v) is 6.57. The molecule has 0 aliphatic carbocycles. The number of esters is 2. The second kappa shape index (κ2) is 6.74. The molecule has 0 radical (unpaired) electrons. The molecule has 0 atom stereocenters. The lowest BCUT2D eigenvalue weighted by Gasteiger charge is -2.05. The van der Waals surface area contributed by atoms with Crippen LogP contribution in [0.4, 0.5) is 0 Å². The fraction of sp³-hybridized carbons (Fsp3) is 0.250. The van der Waals surface area contributed by atoms with E-state index in [9.17, 15) is 9.59 Å². The second-order valence-corrected chi connectivity index (χ2v) is 4.39. The lowest BCUT2D eigenvalue weighted by Crippen LogP contribution is -2.06. The molecule has 2 rings (SSSR count). The van der Waals surface area contributed by atoms with Crippen LogP contribution in [0.5, 0.6) is 0 Å². The Labute approximate surface area is 122 Å². The summed E-state index contributed by atoms with van der Waals surface area (Å²) in [4.78, 5) is 23.2. The van der Waals surface area contributed by atoms with E-state index in [1.807, 2.05) is 6.92 Å². The van der Waals surface area contributed by atoms with Gasteiger partial charge < -0.3 is 13.9 Å². The third kappa shape index (κ3) is 3.72. The Kier molecular flexibility index (Phi) is 4.77. The number of benzene rings is 1. The number of carbonyl (C=O) groups is 2. The number of furan rings is 1. The first-order chi connectivity index (χ1) is 10.1. The normalized spacial score (nSPS) is 10.2. The predicted octanol–water partition coefficient (Wildman–Crippen LogP) is 2.99. The quantitative estimate of drug-likeness (QED) is 0.791. The van der Waals surface area contributed by atoms with Crippen molar-refractivity contribution in [3.8, 4) is 0 Å². The summed E-state index contributed by atoms with van der Waals surface area (Å²) >= 11 is 0. The summed E-state index contributed by atoms with van der Waals surface area (Å²) in [5, 5.41) is 0. The number of carbonyl (C=O) groups excluding carboxylic acids is 2. The molecule has 0 aliphatic heterocycles. The minimum Gasteiger partial charge on any atom is -0.465 e. The molecule has 1 aromatic heterocycles. The number of hydrogen-bond acceptors (Lipinski definition) is 5. The molecule has 1 heterocycles. The van der Waals surface area contributed by atoms with Crippen molar-refractivity contribution in [2.75, 3.05) is 7.11 Å². The van der Waals surface area contributed by atoms with Gasteiger partial charge >= 0.3 is 11.9 Å². The fourth-order valence-electron chi connectivity index (χ4n) is 1.80. The third-order valence-corrected chi connectivity index (χ3v) is 2.93. The molecule has 0 spiro atoms. The fourth-order valence-corrected chi connectivity index (χ4v) is 1.80. The van der Waals surface area contributed by atoms with Gasteiger partial charge in [-0.2, -0.15) is 0 Å². The van der Waals surface area contributed by atoms with Crippen LogP contribution in [0, 0.1) is 0 Å². The van der Waals surface area contributed by atoms with E-state index >= 15 is 0 Å². The zero-order valence-corrected chi connectivity index (χ0v) is 11.9. The van der Waals surface area contributed by atoms with Crippen molar-refractivity contribution in [3.63, 3.8) is 0 Å². The summed E-state index contributed by atoms with van der Waals surface area (Å²) in [6.07, 6.45) is 0.717. The minimum absolute atomic E-state index is 0.0613. The molecule has 2 aromatic rings. The number of methoxy groups -OCH3 is 1. The first-order valence-electron chi connectivity index (χ1n) is 6.57. The third-order valence-electron chi connectivity index (χ3n) is 2.93. The van der Waals surface area contributed by atoms with E-state index in [4.69, 9.17) is 9.15 Å². The van der Waals surface area contributed by atoms with Crippen molar-refractivity contribution >= 4 is 11.9 Å². The molecule has 0 saturated carbocycles. The topological polar surface area (TPSA) is 65.7 Å². The average Bonchev–Trinajstić information content (AvgIpc) is 3.01. The highest BCUT2D eigenvalue weighted by Crippen LogP contribution is 2.12. The summed E-state index contributed by atoms with van der Waals surface area (Å²) in [5.41, 5.74) is 1.12. The van der Waals surface area contributed by atoms with E-state index in [1.54, 1.807) is 36.4 Å². The van der Waals surface area contributed by atoms with E-state index < -0.39 is 11.9 Å². The molecule has 0 saturated heterocycles. The summed E-state index contributed by atoms with van der Waals surface area (Å²) in [7, 11) is 1.32. The van der Waals surface area contributed by atoms with Gasteiger partial charge in [-0.1, -0.05) is 19.1 Å². The Morgan fingerprint density at radius 1 is 1.14 bits per heavy atom. The molecular weight excluding hydrogens is 272 g/mol. The van der Waals surface area contributed by atoms with Crippen LogP contribution >= 0.6 is 0 Å². The average molecular weight is 288 g/mol. The summed E-state index contributed by atoms with van der Waals surface area (Å²) in [5.74, 6) is -0.0504. The molecule has 0 unspecified atom stereocenters. The van der Waals surface area contributed by atoms with Gasteiger partial charge in [-0.25, -0.2) is 9.59 Å². The van der Waals surface area contributed by atoms with Crippen LogP contribution in [-0.2, 0) is 22.5 Å². The monoisotopic (exact) mass is 288 g/mol. The molecule has 0 aliphatic rings. The maximum Gasteiger partial charge on any atom is 0.374 e. The predicted molar refractivity (Wildman–Crippen MR) is 75.0 cm³/mol. The zero-order valence-electron chi connectivity index (χ0n) is 11.9. The number of hydrogen-bond donors (Lipinski definition) is 0. The summed E-state index contributed by atoms with van der Waals surface area (Å²) in [6, 6.07) is 10.1. The van der Waals surface area contributed by atoms with Crippen LogP contribution in [-0.4, -0.2) is 19.0 Å². The number of rotatable bonds is 5. The van der Waals surface area contributed by atoms with Crippen LogP contribution in [0.3, 0.4) is 0 Å². The van der Waals surface area contributed by atoms with Crippen LogP contribution < -0.4 is 0 Å². The molecule has 0 bridgehead atoms. The Balaban J connectivity index is 1.99. The van der Waals surface area contributed by atoms with E-state index in [2.05, 4.69) is 4.74 Å². The molecule has 21 heavy (non-hydrogen) atoms. The molecule has 0 N–H and O–H groups in total. The Morgan fingerprint density at radius 2 is 1.95 bits per heavy atom. The van der Waals surface area contributed by atoms with Crippen molar-refractivity contribution in [3.05, 3.63) is 59.0 Å². The van der Waals surface area contributed by atoms with Crippen LogP contribution in [0.1, 0.15) is 39.2 Å². The maximum absolute atomic E-state index is 11.8. The highest BCUT2D eigenvalue weighted by atomic mass is 16.5. The number of aryl methyl sites for hydroxylation is 1. The first kappa shape index (κ1) is 14.8. The van der Waals surface area contributed by atoms with Gasteiger partial charge in [0.2, 0.25) is 5.76 Å². The molecular formula is C16H16O5. The van der Waals surface area contributed by atoms with E-state index in [0.29, 0.717) is 17.5 Å². The van der Waals surface area contributed by atoms with Crippen LogP contribution in [0.25, 0.3) is 0 Å². The Hall–Kier alpha value is -2.56. The maximum atomic E-state index is 11.8. The second-order valence-electron chi connectivity index (χ2n) is 4.39. The summed E-state index contributed by atoms with van der Waals surface area (Å²) in [6.45, 7) is 2.00. The van der Waals surface area contributed by atoms with E-state index in [0.717, 1.165) is 5.76 Å². The standard InChI is InChI=1S/C16H16O5/c1-3-13-7-8-14(21-13)16(18)20-10-11-5-4-6-12(9-11)15(17)19-2/h4-9H,3,10H2,1-2H3. The van der Waals surface area contributed by atoms with E-state index in [-0.39, 0.29) is 12.4 Å². The molecule has 0 fully saturated rings. The van der Waals surface area contributed by atoms with Gasteiger partial charge in [0.25, 0.3) is 0 Å². The molecule has 1 aromatic carbocycles. The minimum atomic E-state index is -0.529. The smallest absolute Gasteiger partial charge is 0.374 e. The summed E-state index contributed by atoms with van der Waals surface area (Å²) < 4.78 is 15.1. The highest BCUT2D eigenvalue weighted by Gasteiger charge is 2.13. The van der Waals surface area contributed by atoms with E-state index in [1.165, 1.54) is 7.11 Å². The van der Waals surface area contributed by atoms with Gasteiger partial charge in [-0.3, -0.25) is 0 Å². The van der Waals surface area contributed by atoms with Crippen molar-refractivity contribution in [2.24, 2.45) is 0 Å². The molecule has 5 nitrogen and oxygen atoms in total. The van der Waals surface area contributed by atoms with Gasteiger partial charge in [-0.05, 0) is 29.8 Å². The zero-order chi connectivity index (χ0) is 15.2. The van der Waals surface area contributed by atoms with Gasteiger partial charge in [0.15, 0.2) is 0 Å². The van der Waals surface area contributed by atoms with Crippen molar-refractivity contribution in [2.45, 2.75) is 20.0 Å². The lowest BCUT2D eigenvalue weighted by molar-refractivity contribution is 0.0434. The van der Waals surface area contributed by atoms with Crippen LogP contribution in [0.2, 0.25) is 0 Å². The van der Waals surface area contributed by atoms with Crippen molar-refractivity contribution in [1.29, 1.82) is 0 Å². The van der Waals surface area contributed by atoms with Gasteiger partial charge in [-0.15, -0.1) is 0 Å². The molecule has 5 heteroatoms. The largest absolute Gasteiger partial charge is 0.465 e. The Bertz CT molecular complexity index is 642. The van der Waals surface area contributed by atoms with Crippen molar-refractivity contribution in [1.82, 2.24) is 0 Å². The van der Waals surface area contributed by atoms with Crippen molar-refractivity contribution < 1.29 is 23.5 Å². The van der Waals surface area contributed by atoms with Gasteiger partial charge in [0.05, 0.1) is 12.7 Å². The SMILES string of the molecule is CCc1ccc(C(=O)OCc2cccc(C(=O)OC)c2)o1. The molecule has 0 amide bonds. The van der Waals surface area contributed by atoms with Gasteiger partial charge in [0.1, 0.15) is 12.4 Å². The van der Waals surface area contributed by atoms with Gasteiger partial charge in [0, 0.05) is 6.42 Å². The highest BCUT2D eigenvalue weighted by molar-refractivity contribution is 5.89. The van der Waals surface area contributed by atoms with Crippen LogP contribution in [0.15, 0.2) is 40.8 Å².